The zero-order valence-corrected chi connectivity index (χ0v) is 10.9. The molecular weight excluding hydrogens is 277 g/mol. The molecule has 3 aliphatic heterocycles. The summed E-state index contributed by atoms with van der Waals surface area (Å²) in [4.78, 5) is 26.2. The Kier molecular flexibility index (Phi) is 2.41. The highest BCUT2D eigenvalue weighted by Gasteiger charge is 2.67. The van der Waals surface area contributed by atoms with Crippen molar-refractivity contribution in [3.63, 3.8) is 0 Å². The molecule has 21 heavy (non-hydrogen) atoms. The van der Waals surface area contributed by atoms with Gasteiger partial charge in [0.15, 0.2) is 0 Å². The third kappa shape index (κ3) is 1.46. The number of ether oxygens (including phenoxy) is 1. The second kappa shape index (κ2) is 3.99. The van der Waals surface area contributed by atoms with Gasteiger partial charge in [-0.2, -0.15) is 0 Å². The lowest BCUT2D eigenvalue weighted by atomic mass is 9.77. The third-order valence-electron chi connectivity index (χ3n) is 4.49. The molecule has 0 aromatic heterocycles. The molecule has 5 nitrogen and oxygen atoms in total. The van der Waals surface area contributed by atoms with Crippen LogP contribution in [0.25, 0.3) is 0 Å². The van der Waals surface area contributed by atoms with E-state index in [4.69, 9.17) is 4.74 Å². The second-order valence-electron chi connectivity index (χ2n) is 5.55. The molecule has 3 aliphatic rings. The number of carbonyl (C=O) groups excluding carboxylic acids is 2. The summed E-state index contributed by atoms with van der Waals surface area (Å²) in [5, 5.41) is 9.58. The van der Waals surface area contributed by atoms with E-state index in [0.717, 1.165) is 4.90 Å². The molecule has 2 saturated heterocycles. The van der Waals surface area contributed by atoms with E-state index < -0.39 is 35.3 Å². The van der Waals surface area contributed by atoms with Crippen LogP contribution < -0.4 is 4.90 Å². The Morgan fingerprint density at radius 3 is 2.62 bits per heavy atom. The van der Waals surface area contributed by atoms with Crippen LogP contribution in [0.5, 0.6) is 0 Å². The van der Waals surface area contributed by atoms with E-state index in [0.29, 0.717) is 5.69 Å². The first-order valence-electron chi connectivity index (χ1n) is 6.69. The van der Waals surface area contributed by atoms with Crippen LogP contribution in [0, 0.1) is 17.7 Å². The minimum atomic E-state index is -1.10. The number of benzene rings is 1. The normalized spacial score (nSPS) is 36.7. The number of aliphatic hydroxyl groups is 1. The summed E-state index contributed by atoms with van der Waals surface area (Å²) in [6, 6.07) is 5.20. The van der Waals surface area contributed by atoms with Crippen molar-refractivity contribution in [2.45, 2.75) is 11.7 Å². The predicted octanol–water partition coefficient (Wildman–Crippen LogP) is 0.631. The van der Waals surface area contributed by atoms with Crippen LogP contribution in [0.2, 0.25) is 0 Å². The molecule has 6 heteroatoms. The maximum atomic E-state index is 13.0. The van der Waals surface area contributed by atoms with E-state index in [1.807, 2.05) is 0 Å². The van der Waals surface area contributed by atoms with Gasteiger partial charge in [-0.15, -0.1) is 0 Å². The summed E-state index contributed by atoms with van der Waals surface area (Å²) in [7, 11) is 0. The van der Waals surface area contributed by atoms with Gasteiger partial charge in [0.2, 0.25) is 11.8 Å². The number of imide groups is 1. The fourth-order valence-corrected chi connectivity index (χ4v) is 3.53. The van der Waals surface area contributed by atoms with E-state index in [9.17, 15) is 19.1 Å². The summed E-state index contributed by atoms with van der Waals surface area (Å²) < 4.78 is 18.6. The fourth-order valence-electron chi connectivity index (χ4n) is 3.53. The van der Waals surface area contributed by atoms with Crippen molar-refractivity contribution in [3.8, 4) is 0 Å². The smallest absolute Gasteiger partial charge is 0.241 e. The van der Waals surface area contributed by atoms with Gasteiger partial charge in [0.25, 0.3) is 0 Å². The van der Waals surface area contributed by atoms with Crippen LogP contribution in [0.1, 0.15) is 0 Å². The van der Waals surface area contributed by atoms with Gasteiger partial charge >= 0.3 is 0 Å². The number of nitrogens with zero attached hydrogens (tertiary/aromatic N) is 1. The molecule has 0 aliphatic carbocycles. The first-order valence-corrected chi connectivity index (χ1v) is 6.69. The monoisotopic (exact) mass is 289 g/mol. The van der Waals surface area contributed by atoms with E-state index in [1.54, 1.807) is 12.2 Å². The molecule has 0 unspecified atom stereocenters. The summed E-state index contributed by atoms with van der Waals surface area (Å²) in [5.74, 6) is -2.52. The molecule has 108 valence electrons. The maximum absolute atomic E-state index is 13.0. The Morgan fingerprint density at radius 2 is 1.95 bits per heavy atom. The first kappa shape index (κ1) is 12.7. The minimum absolute atomic E-state index is 0.341. The Balaban J connectivity index is 1.77. The van der Waals surface area contributed by atoms with Gasteiger partial charge in [0, 0.05) is 0 Å². The molecule has 4 atom stereocenters. The highest BCUT2D eigenvalue weighted by Crippen LogP contribution is 2.52. The van der Waals surface area contributed by atoms with Crippen molar-refractivity contribution in [2.75, 3.05) is 11.5 Å². The lowest BCUT2D eigenvalue weighted by Crippen LogP contribution is -2.43. The molecule has 2 fully saturated rings. The van der Waals surface area contributed by atoms with E-state index >= 15 is 0 Å². The van der Waals surface area contributed by atoms with Gasteiger partial charge in [0.05, 0.1) is 30.2 Å². The van der Waals surface area contributed by atoms with Crippen LogP contribution in [-0.4, -0.2) is 35.2 Å². The quantitative estimate of drug-likeness (QED) is 0.640. The number of hydrogen-bond acceptors (Lipinski definition) is 4. The zero-order valence-electron chi connectivity index (χ0n) is 10.9. The summed E-state index contributed by atoms with van der Waals surface area (Å²) in [6.45, 7) is -0.350. The molecule has 1 aromatic carbocycles. The Bertz CT molecular complexity index is 671. The van der Waals surface area contributed by atoms with Crippen LogP contribution in [-0.2, 0) is 14.3 Å². The number of fused-ring (bicyclic) bond motifs is 5. The molecular formula is C15H12FNO4. The Labute approximate surface area is 119 Å². The standard InChI is InChI=1S/C15H12FNO4/c16-8-1-3-9(4-2-8)17-13(19)11-10-5-6-15(7-18,21-10)12(11)14(17)20/h1-6,10-12,18H,7H2/t10-,11+,12-,15+/m0/s1. The van der Waals surface area contributed by atoms with E-state index in [-0.39, 0.29) is 12.5 Å². The highest BCUT2D eigenvalue weighted by atomic mass is 19.1. The number of hydrogen-bond donors (Lipinski definition) is 1. The zero-order chi connectivity index (χ0) is 14.8. The van der Waals surface area contributed by atoms with Crippen LogP contribution in [0.15, 0.2) is 36.4 Å². The van der Waals surface area contributed by atoms with Crippen molar-refractivity contribution in [2.24, 2.45) is 11.8 Å². The molecule has 1 aromatic rings. The van der Waals surface area contributed by atoms with Crippen molar-refractivity contribution in [1.82, 2.24) is 0 Å². The van der Waals surface area contributed by atoms with Crippen molar-refractivity contribution < 1.29 is 23.8 Å². The van der Waals surface area contributed by atoms with Crippen molar-refractivity contribution in [1.29, 1.82) is 0 Å². The Hall–Kier alpha value is -2.05. The van der Waals surface area contributed by atoms with Gasteiger partial charge in [-0.05, 0) is 24.3 Å². The molecule has 2 bridgehead atoms. The molecule has 2 amide bonds. The number of halogens is 1. The van der Waals surface area contributed by atoms with E-state index in [1.165, 1.54) is 24.3 Å². The van der Waals surface area contributed by atoms with Crippen LogP contribution in [0.4, 0.5) is 10.1 Å². The average Bonchev–Trinajstić information content (AvgIpc) is 3.12. The first-order chi connectivity index (χ1) is 10.1. The molecule has 0 saturated carbocycles. The molecule has 0 radical (unpaired) electrons. The summed E-state index contributed by atoms with van der Waals surface area (Å²) >= 11 is 0. The van der Waals surface area contributed by atoms with Gasteiger partial charge in [-0.3, -0.25) is 9.59 Å². The van der Waals surface area contributed by atoms with Gasteiger partial charge < -0.3 is 9.84 Å². The summed E-state index contributed by atoms with van der Waals surface area (Å²) in [5.41, 5.74) is -0.759. The van der Waals surface area contributed by atoms with Crippen LogP contribution >= 0.6 is 0 Å². The molecule has 3 heterocycles. The van der Waals surface area contributed by atoms with Crippen molar-refractivity contribution in [3.05, 3.63) is 42.2 Å². The SMILES string of the molecule is O=C1[C@@H]2[C@@H]3C=C[C@](CO)(O3)[C@@H]2C(=O)N1c1ccc(F)cc1. The number of carbonyl (C=O) groups is 2. The average molecular weight is 289 g/mol. The highest BCUT2D eigenvalue weighted by molar-refractivity contribution is 6.23. The third-order valence-corrected chi connectivity index (χ3v) is 4.49. The lowest BCUT2D eigenvalue weighted by molar-refractivity contribution is -0.128. The number of rotatable bonds is 2. The van der Waals surface area contributed by atoms with Crippen LogP contribution in [0.3, 0.4) is 0 Å². The van der Waals surface area contributed by atoms with Gasteiger partial charge in [0.1, 0.15) is 11.4 Å². The molecule has 4 rings (SSSR count). The topological polar surface area (TPSA) is 66.8 Å². The predicted molar refractivity (Wildman–Crippen MR) is 69.7 cm³/mol. The van der Waals surface area contributed by atoms with Crippen molar-refractivity contribution >= 4 is 17.5 Å². The Morgan fingerprint density at radius 1 is 1.24 bits per heavy atom. The second-order valence-corrected chi connectivity index (χ2v) is 5.55. The lowest BCUT2D eigenvalue weighted by Gasteiger charge is -2.26. The van der Waals surface area contributed by atoms with Gasteiger partial charge in [-0.25, -0.2) is 9.29 Å². The maximum Gasteiger partial charge on any atom is 0.241 e. The summed E-state index contributed by atoms with van der Waals surface area (Å²) in [6.07, 6.45) is 2.90. The largest absolute Gasteiger partial charge is 0.393 e. The molecule has 1 N–H and O–H groups in total. The van der Waals surface area contributed by atoms with E-state index in [2.05, 4.69) is 0 Å². The minimum Gasteiger partial charge on any atom is -0.393 e. The number of amides is 2. The van der Waals surface area contributed by atoms with Gasteiger partial charge in [-0.1, -0.05) is 12.2 Å². The fraction of sp³-hybridized carbons (Fsp3) is 0.333. The molecule has 0 spiro atoms. The number of anilines is 1. The number of aliphatic hydroxyl groups excluding tert-OH is 1.